The predicted octanol–water partition coefficient (Wildman–Crippen LogP) is 3.12. The summed E-state index contributed by atoms with van der Waals surface area (Å²) in [5.74, 6) is 2.40. The fourth-order valence-corrected chi connectivity index (χ4v) is 3.58. The van der Waals surface area contributed by atoms with E-state index in [1.807, 2.05) is 25.2 Å². The highest BCUT2D eigenvalue weighted by Crippen LogP contribution is 2.18. The van der Waals surface area contributed by atoms with E-state index in [9.17, 15) is 0 Å². The van der Waals surface area contributed by atoms with Crippen molar-refractivity contribution in [1.82, 2.24) is 15.5 Å². The summed E-state index contributed by atoms with van der Waals surface area (Å²) >= 11 is 0. The molecule has 6 nitrogen and oxygen atoms in total. The van der Waals surface area contributed by atoms with Crippen molar-refractivity contribution in [3.8, 4) is 0 Å². The quantitative estimate of drug-likeness (QED) is 0.348. The maximum Gasteiger partial charge on any atom is 0.191 e. The van der Waals surface area contributed by atoms with Gasteiger partial charge < -0.3 is 19.8 Å². The van der Waals surface area contributed by atoms with E-state index in [4.69, 9.17) is 9.15 Å². The number of nitrogens with one attached hydrogen (secondary N) is 2. The van der Waals surface area contributed by atoms with Crippen LogP contribution in [0, 0.1) is 5.92 Å². The average Bonchev–Trinajstić information content (AvgIpc) is 3.10. The van der Waals surface area contributed by atoms with Gasteiger partial charge in [-0.25, -0.2) is 0 Å². The summed E-state index contributed by atoms with van der Waals surface area (Å²) in [6.45, 7) is 9.87. The number of aliphatic imine (C=N–C) groups is 1. The van der Waals surface area contributed by atoms with Crippen molar-refractivity contribution in [2.24, 2.45) is 10.9 Å². The number of fused-ring (bicyclic) bond motifs is 1. The number of para-hydroxylation sites is 1. The second kappa shape index (κ2) is 11.6. The Morgan fingerprint density at radius 2 is 1.93 bits per heavy atom. The molecule has 1 aromatic carbocycles. The highest BCUT2D eigenvalue weighted by molar-refractivity contribution is 14.0. The van der Waals surface area contributed by atoms with E-state index in [2.05, 4.69) is 46.5 Å². The maximum absolute atomic E-state index is 5.87. The lowest BCUT2D eigenvalue weighted by Gasteiger charge is -2.37. The highest BCUT2D eigenvalue weighted by atomic mass is 127. The third kappa shape index (κ3) is 6.35. The van der Waals surface area contributed by atoms with Gasteiger partial charge in [0, 0.05) is 51.1 Å². The number of hydrogen-bond acceptors (Lipinski definition) is 4. The first kappa shape index (κ1) is 23.0. The fraction of sp³-hybridized carbons (Fsp3) is 0.571. The Kier molecular flexibility index (Phi) is 9.53. The molecule has 0 bridgehead atoms. The van der Waals surface area contributed by atoms with Crippen molar-refractivity contribution in [3.05, 3.63) is 36.1 Å². The van der Waals surface area contributed by atoms with Crippen LogP contribution in [0.25, 0.3) is 11.0 Å². The summed E-state index contributed by atoms with van der Waals surface area (Å²) in [7, 11) is 1.82. The Morgan fingerprint density at radius 1 is 1.18 bits per heavy atom. The second-order valence-electron chi connectivity index (χ2n) is 7.34. The lowest BCUT2D eigenvalue weighted by Crippen LogP contribution is -2.52. The molecular formula is C21H33IN4O2. The van der Waals surface area contributed by atoms with E-state index in [0.29, 0.717) is 12.0 Å². The van der Waals surface area contributed by atoms with E-state index in [0.717, 1.165) is 68.5 Å². The molecule has 1 aromatic heterocycles. The van der Waals surface area contributed by atoms with Gasteiger partial charge in [-0.2, -0.15) is 0 Å². The zero-order valence-electron chi connectivity index (χ0n) is 17.1. The molecule has 1 fully saturated rings. The van der Waals surface area contributed by atoms with Gasteiger partial charge in [0.15, 0.2) is 5.96 Å². The van der Waals surface area contributed by atoms with Gasteiger partial charge >= 0.3 is 0 Å². The number of guanidine groups is 1. The molecule has 1 atom stereocenters. The number of furan rings is 1. The molecule has 1 unspecified atom stereocenters. The number of morpholine rings is 1. The molecule has 156 valence electrons. The molecule has 3 rings (SSSR count). The summed E-state index contributed by atoms with van der Waals surface area (Å²) in [4.78, 5) is 6.88. The molecule has 2 N–H and O–H groups in total. The van der Waals surface area contributed by atoms with Gasteiger partial charge in [0.1, 0.15) is 11.3 Å². The third-order valence-electron chi connectivity index (χ3n) is 5.13. The van der Waals surface area contributed by atoms with Crippen molar-refractivity contribution >= 4 is 40.9 Å². The van der Waals surface area contributed by atoms with Gasteiger partial charge in [0.2, 0.25) is 0 Å². The summed E-state index contributed by atoms with van der Waals surface area (Å²) in [5, 5.41) is 8.03. The van der Waals surface area contributed by atoms with E-state index in [1.54, 1.807) is 0 Å². The highest BCUT2D eigenvalue weighted by Gasteiger charge is 2.23. The minimum Gasteiger partial charge on any atom is -0.461 e. The predicted molar refractivity (Wildman–Crippen MR) is 126 cm³/mol. The Hall–Kier alpha value is -1.32. The molecule has 28 heavy (non-hydrogen) atoms. The minimum atomic E-state index is 0. The molecule has 1 aliphatic rings. The normalized spacial score (nSPS) is 16.8. The van der Waals surface area contributed by atoms with Crippen LogP contribution in [-0.4, -0.2) is 63.3 Å². The largest absolute Gasteiger partial charge is 0.461 e. The number of ether oxygens (including phenoxy) is 1. The summed E-state index contributed by atoms with van der Waals surface area (Å²) < 4.78 is 11.4. The number of hydrogen-bond donors (Lipinski definition) is 2. The Bertz CT molecular complexity index is 708. The van der Waals surface area contributed by atoms with Gasteiger partial charge in [-0.3, -0.25) is 9.89 Å². The van der Waals surface area contributed by atoms with Crippen molar-refractivity contribution in [1.29, 1.82) is 0 Å². The lowest BCUT2D eigenvalue weighted by atomic mass is 10.0. The number of halogens is 1. The average molecular weight is 500 g/mol. The van der Waals surface area contributed by atoms with Gasteiger partial charge in [-0.1, -0.05) is 32.0 Å². The molecule has 2 aromatic rings. The Morgan fingerprint density at radius 3 is 2.61 bits per heavy atom. The van der Waals surface area contributed by atoms with Crippen molar-refractivity contribution in [3.63, 3.8) is 0 Å². The molecule has 0 spiro atoms. The number of benzene rings is 1. The minimum absolute atomic E-state index is 0. The van der Waals surface area contributed by atoms with Crippen LogP contribution in [0.4, 0.5) is 0 Å². The van der Waals surface area contributed by atoms with Crippen LogP contribution in [0.3, 0.4) is 0 Å². The lowest BCUT2D eigenvalue weighted by molar-refractivity contribution is 0.00752. The molecule has 0 aliphatic carbocycles. The molecule has 7 heteroatoms. The zero-order chi connectivity index (χ0) is 19.1. The summed E-state index contributed by atoms with van der Waals surface area (Å²) in [6.07, 6.45) is 0.826. The molecule has 0 amide bonds. The van der Waals surface area contributed by atoms with Crippen LogP contribution >= 0.6 is 24.0 Å². The smallest absolute Gasteiger partial charge is 0.191 e. The van der Waals surface area contributed by atoms with Gasteiger partial charge in [-0.15, -0.1) is 24.0 Å². The van der Waals surface area contributed by atoms with Crippen LogP contribution in [0.2, 0.25) is 0 Å². The van der Waals surface area contributed by atoms with E-state index < -0.39 is 0 Å². The summed E-state index contributed by atoms with van der Waals surface area (Å²) in [6, 6.07) is 10.7. The van der Waals surface area contributed by atoms with Crippen LogP contribution in [-0.2, 0) is 11.2 Å². The standard InChI is InChI=1S/C21H32N4O2.HI/c1-16(2)19(25-10-12-26-13-11-25)15-24-21(22-3)23-9-8-18-14-17-6-4-5-7-20(17)27-18;/h4-7,14,16,19H,8-13,15H2,1-3H3,(H2,22,23,24);1H. The summed E-state index contributed by atoms with van der Waals surface area (Å²) in [5.41, 5.74) is 0.945. The van der Waals surface area contributed by atoms with Gasteiger partial charge in [0.25, 0.3) is 0 Å². The molecule has 0 saturated carbocycles. The van der Waals surface area contributed by atoms with E-state index in [-0.39, 0.29) is 24.0 Å². The molecule has 1 saturated heterocycles. The van der Waals surface area contributed by atoms with Crippen LogP contribution in [0.1, 0.15) is 19.6 Å². The van der Waals surface area contributed by atoms with E-state index in [1.165, 1.54) is 0 Å². The molecular weight excluding hydrogens is 467 g/mol. The van der Waals surface area contributed by atoms with Gasteiger partial charge in [-0.05, 0) is 18.1 Å². The first-order valence-electron chi connectivity index (χ1n) is 9.91. The van der Waals surface area contributed by atoms with Crippen LogP contribution < -0.4 is 10.6 Å². The van der Waals surface area contributed by atoms with E-state index >= 15 is 0 Å². The van der Waals surface area contributed by atoms with Gasteiger partial charge in [0.05, 0.1) is 13.2 Å². The fourth-order valence-electron chi connectivity index (χ4n) is 3.58. The van der Waals surface area contributed by atoms with Crippen molar-refractivity contribution in [2.45, 2.75) is 26.3 Å². The monoisotopic (exact) mass is 500 g/mol. The molecule has 0 radical (unpaired) electrons. The van der Waals surface area contributed by atoms with Crippen molar-refractivity contribution < 1.29 is 9.15 Å². The molecule has 1 aliphatic heterocycles. The van der Waals surface area contributed by atoms with Crippen LogP contribution in [0.15, 0.2) is 39.7 Å². The zero-order valence-corrected chi connectivity index (χ0v) is 19.4. The SMILES string of the molecule is CN=C(NCCc1cc2ccccc2o1)NCC(C(C)C)N1CCOCC1.I. The first-order valence-corrected chi connectivity index (χ1v) is 9.91. The maximum atomic E-state index is 5.87. The third-order valence-corrected chi connectivity index (χ3v) is 5.13. The Labute approximate surface area is 185 Å². The first-order chi connectivity index (χ1) is 13.2. The number of nitrogens with zero attached hydrogens (tertiary/aromatic N) is 2. The topological polar surface area (TPSA) is 62.0 Å². The van der Waals surface area contributed by atoms with Crippen LogP contribution in [0.5, 0.6) is 0 Å². The number of rotatable bonds is 7. The second-order valence-corrected chi connectivity index (χ2v) is 7.34. The molecule has 2 heterocycles. The Balaban J connectivity index is 0.00000280. The van der Waals surface area contributed by atoms with Crippen molar-refractivity contribution in [2.75, 3.05) is 46.4 Å².